The zero-order valence-corrected chi connectivity index (χ0v) is 16.0. The molecule has 0 aromatic heterocycles. The summed E-state index contributed by atoms with van der Waals surface area (Å²) in [5.74, 6) is -5.70. The molecule has 158 valence electrons. The molecule has 1 aliphatic rings. The number of hydrogen-bond acceptors (Lipinski definition) is 5. The molecule has 4 N–H and O–H groups in total. The van der Waals surface area contributed by atoms with Gasteiger partial charge in [0.2, 0.25) is 5.91 Å². The molecule has 2 unspecified atom stereocenters. The fourth-order valence-corrected chi connectivity index (χ4v) is 4.06. The fourth-order valence-electron chi connectivity index (χ4n) is 4.06. The Morgan fingerprint density at radius 2 is 1.62 bits per heavy atom. The van der Waals surface area contributed by atoms with Gasteiger partial charge in [-0.25, -0.2) is 0 Å². The van der Waals surface area contributed by atoms with Crippen LogP contribution in [-0.4, -0.2) is 69.2 Å². The number of rotatable bonds is 10. The van der Waals surface area contributed by atoms with Gasteiger partial charge in [-0.2, -0.15) is 0 Å². The van der Waals surface area contributed by atoms with Gasteiger partial charge in [0.15, 0.2) is 0 Å². The largest absolute Gasteiger partial charge is 0.481 e. The first-order valence-electron chi connectivity index (χ1n) is 9.51. The maximum Gasteiger partial charge on any atom is 0.317 e. The summed E-state index contributed by atoms with van der Waals surface area (Å²) in [6.45, 7) is -1.24. The Morgan fingerprint density at radius 3 is 2.17 bits per heavy atom. The van der Waals surface area contributed by atoms with Crippen LogP contribution in [0.25, 0.3) is 0 Å². The van der Waals surface area contributed by atoms with E-state index in [2.05, 4.69) is 5.32 Å². The molecular weight excluding hydrogens is 380 g/mol. The second-order valence-electron chi connectivity index (χ2n) is 7.20. The highest BCUT2D eigenvalue weighted by Crippen LogP contribution is 2.39. The Kier molecular flexibility index (Phi) is 7.72. The molecule has 1 saturated carbocycles. The van der Waals surface area contributed by atoms with Crippen LogP contribution in [0.3, 0.4) is 0 Å². The Labute approximate surface area is 168 Å². The number of carboxylic acid groups (broad SMARTS) is 3. The summed E-state index contributed by atoms with van der Waals surface area (Å²) >= 11 is 0. The molecule has 2 atom stereocenters. The molecule has 0 aliphatic heterocycles. The van der Waals surface area contributed by atoms with Crippen molar-refractivity contribution in [2.75, 3.05) is 19.6 Å². The lowest BCUT2D eigenvalue weighted by Crippen LogP contribution is -2.67. The predicted octanol–water partition coefficient (Wildman–Crippen LogP) is 0.830. The van der Waals surface area contributed by atoms with E-state index in [-0.39, 0.29) is 19.4 Å². The molecule has 0 spiro atoms. The molecule has 2 rings (SSSR count). The van der Waals surface area contributed by atoms with Crippen molar-refractivity contribution in [2.45, 2.75) is 37.6 Å². The Bertz CT molecular complexity index is 736. The number of nitrogens with zero attached hydrogens (tertiary/aromatic N) is 1. The van der Waals surface area contributed by atoms with Crippen LogP contribution in [0.4, 0.5) is 0 Å². The molecule has 1 fully saturated rings. The highest BCUT2D eigenvalue weighted by Gasteiger charge is 2.55. The van der Waals surface area contributed by atoms with Crippen LogP contribution in [0.15, 0.2) is 30.3 Å². The zero-order chi connectivity index (χ0) is 21.4. The third-order valence-corrected chi connectivity index (χ3v) is 5.33. The van der Waals surface area contributed by atoms with Crippen molar-refractivity contribution in [1.29, 1.82) is 0 Å². The van der Waals surface area contributed by atoms with E-state index in [1.54, 1.807) is 0 Å². The Hall–Kier alpha value is -2.94. The smallest absolute Gasteiger partial charge is 0.317 e. The molecule has 0 heterocycles. The third-order valence-electron chi connectivity index (χ3n) is 5.33. The maximum absolute atomic E-state index is 13.2. The van der Waals surface area contributed by atoms with Crippen molar-refractivity contribution in [3.63, 3.8) is 0 Å². The molecule has 0 bridgehead atoms. The third kappa shape index (κ3) is 5.54. The van der Waals surface area contributed by atoms with E-state index in [0.29, 0.717) is 19.3 Å². The van der Waals surface area contributed by atoms with Crippen LogP contribution in [-0.2, 0) is 25.6 Å². The van der Waals surface area contributed by atoms with Gasteiger partial charge in [0.25, 0.3) is 0 Å². The summed E-state index contributed by atoms with van der Waals surface area (Å²) in [6.07, 6.45) is 1.85. The number of nitrogens with one attached hydrogen (secondary N) is 1. The van der Waals surface area contributed by atoms with Crippen LogP contribution in [0, 0.1) is 5.92 Å². The van der Waals surface area contributed by atoms with E-state index in [1.165, 1.54) is 0 Å². The van der Waals surface area contributed by atoms with Crippen molar-refractivity contribution in [3.05, 3.63) is 35.9 Å². The van der Waals surface area contributed by atoms with Crippen LogP contribution in [0.1, 0.15) is 31.2 Å². The van der Waals surface area contributed by atoms with E-state index in [9.17, 15) is 34.5 Å². The summed E-state index contributed by atoms with van der Waals surface area (Å²) in [4.78, 5) is 48.9. The van der Waals surface area contributed by atoms with Gasteiger partial charge in [-0.3, -0.25) is 24.1 Å². The number of benzene rings is 1. The van der Waals surface area contributed by atoms with Crippen molar-refractivity contribution in [1.82, 2.24) is 10.2 Å². The van der Waals surface area contributed by atoms with Gasteiger partial charge >= 0.3 is 17.9 Å². The monoisotopic (exact) mass is 406 g/mol. The summed E-state index contributed by atoms with van der Waals surface area (Å²) in [6, 6.07) is 9.38. The quantitative estimate of drug-likeness (QED) is 0.447. The minimum absolute atomic E-state index is 0.0850. The molecule has 0 radical (unpaired) electrons. The first-order valence-corrected chi connectivity index (χ1v) is 9.51. The second-order valence-corrected chi connectivity index (χ2v) is 7.20. The van der Waals surface area contributed by atoms with Gasteiger partial charge in [-0.05, 0) is 24.8 Å². The minimum atomic E-state index is -1.72. The molecule has 1 aromatic rings. The van der Waals surface area contributed by atoms with Gasteiger partial charge in [0.05, 0.1) is 19.0 Å². The van der Waals surface area contributed by atoms with E-state index in [4.69, 9.17) is 0 Å². The molecule has 9 nitrogen and oxygen atoms in total. The molecule has 1 aromatic carbocycles. The highest BCUT2D eigenvalue weighted by atomic mass is 16.4. The van der Waals surface area contributed by atoms with E-state index < -0.39 is 48.4 Å². The molecule has 9 heteroatoms. The predicted molar refractivity (Wildman–Crippen MR) is 102 cm³/mol. The van der Waals surface area contributed by atoms with Gasteiger partial charge < -0.3 is 20.6 Å². The minimum Gasteiger partial charge on any atom is -0.481 e. The van der Waals surface area contributed by atoms with Gasteiger partial charge in [0, 0.05) is 6.54 Å². The number of aliphatic carboxylic acids is 3. The topological polar surface area (TPSA) is 144 Å². The number of carboxylic acids is 3. The summed E-state index contributed by atoms with van der Waals surface area (Å²) < 4.78 is 0. The molecule has 0 saturated heterocycles. The molecule has 29 heavy (non-hydrogen) atoms. The lowest BCUT2D eigenvalue weighted by molar-refractivity contribution is -0.165. The van der Waals surface area contributed by atoms with Crippen LogP contribution in [0.2, 0.25) is 0 Å². The zero-order valence-electron chi connectivity index (χ0n) is 16.0. The van der Waals surface area contributed by atoms with Crippen LogP contribution in [0.5, 0.6) is 0 Å². The summed E-state index contributed by atoms with van der Waals surface area (Å²) in [5, 5.41) is 31.0. The average molecular weight is 406 g/mol. The first-order chi connectivity index (χ1) is 13.8. The second kappa shape index (κ2) is 10.0. The van der Waals surface area contributed by atoms with Gasteiger partial charge in [-0.1, -0.05) is 43.2 Å². The highest BCUT2D eigenvalue weighted by molar-refractivity contribution is 5.93. The van der Waals surface area contributed by atoms with Crippen molar-refractivity contribution in [3.8, 4) is 0 Å². The Morgan fingerprint density at radius 1 is 1.00 bits per heavy atom. The number of carbonyl (C=O) groups is 4. The molecule has 1 aliphatic carbocycles. The van der Waals surface area contributed by atoms with Crippen LogP contribution >= 0.6 is 0 Å². The van der Waals surface area contributed by atoms with E-state index in [1.807, 2.05) is 30.3 Å². The van der Waals surface area contributed by atoms with Crippen molar-refractivity contribution < 1.29 is 34.5 Å². The summed E-state index contributed by atoms with van der Waals surface area (Å²) in [5.41, 5.74) is -0.745. The molecular formula is C20H26N2O7. The first kappa shape index (κ1) is 22.4. The van der Waals surface area contributed by atoms with Crippen molar-refractivity contribution in [2.24, 2.45) is 5.92 Å². The Balaban J connectivity index is 2.31. The number of carbonyl (C=O) groups excluding carboxylic acids is 1. The van der Waals surface area contributed by atoms with Gasteiger partial charge in [0.1, 0.15) is 5.54 Å². The normalized spacial score (nSPS) is 21.5. The summed E-state index contributed by atoms with van der Waals surface area (Å²) in [7, 11) is 0. The van der Waals surface area contributed by atoms with Crippen molar-refractivity contribution >= 4 is 23.8 Å². The standard InChI is InChI=1S/C20H26N2O7/c23-16(24)12-22(13-17(25)26)20(10-5-4-8-15(20)18(27)28)19(29)21-11-9-14-6-2-1-3-7-14/h1-3,6-7,15H,4-5,8-13H2,(H,21,29)(H,23,24)(H,25,26)(H,27,28). The number of amides is 1. The fraction of sp³-hybridized carbons (Fsp3) is 0.500. The van der Waals surface area contributed by atoms with Gasteiger partial charge in [-0.15, -0.1) is 0 Å². The molecule has 1 amide bonds. The lowest BCUT2D eigenvalue weighted by Gasteiger charge is -2.47. The van der Waals surface area contributed by atoms with E-state index in [0.717, 1.165) is 10.5 Å². The lowest BCUT2D eigenvalue weighted by atomic mass is 9.70. The SMILES string of the molecule is O=C(O)CN(CC(=O)O)C1(C(=O)NCCc2ccccc2)CCCCC1C(=O)O. The average Bonchev–Trinajstić information content (AvgIpc) is 2.67. The van der Waals surface area contributed by atoms with Crippen LogP contribution < -0.4 is 5.32 Å². The maximum atomic E-state index is 13.2. The number of hydrogen-bond donors (Lipinski definition) is 4. The van der Waals surface area contributed by atoms with E-state index >= 15 is 0 Å².